The molecule has 124 valence electrons. The fourth-order valence-electron chi connectivity index (χ4n) is 2.90. The van der Waals surface area contributed by atoms with Crippen molar-refractivity contribution in [1.29, 1.82) is 0 Å². The van der Waals surface area contributed by atoms with Gasteiger partial charge in [-0.05, 0) is 30.5 Å². The maximum atomic E-state index is 11.9. The minimum Gasteiger partial charge on any atom is -0.422 e. The van der Waals surface area contributed by atoms with Crippen molar-refractivity contribution in [3.05, 3.63) is 81.2 Å². The van der Waals surface area contributed by atoms with E-state index in [4.69, 9.17) is 4.42 Å². The van der Waals surface area contributed by atoms with E-state index >= 15 is 0 Å². The molecule has 0 saturated heterocycles. The van der Waals surface area contributed by atoms with Gasteiger partial charge in [0.15, 0.2) is 0 Å². The van der Waals surface area contributed by atoms with Crippen LogP contribution < -0.4 is 10.9 Å². The standard InChI is InChI=1S/C20H21NO3/c1-13-8-9-17-16(10-19(23)24-20(17)14(13)2)11-21-12-18(22)15-6-4-3-5-7-15/h3-10,18,21-22H,11-12H2,1-2H3/p+1/t18-/m0/s1. The van der Waals surface area contributed by atoms with Crippen LogP contribution in [0, 0.1) is 13.8 Å². The first-order valence-corrected chi connectivity index (χ1v) is 8.14. The molecule has 3 N–H and O–H groups in total. The molecule has 0 saturated carbocycles. The Morgan fingerprint density at radius 2 is 1.88 bits per heavy atom. The Labute approximate surface area is 140 Å². The third-order valence-corrected chi connectivity index (χ3v) is 4.46. The van der Waals surface area contributed by atoms with Crippen molar-refractivity contribution in [2.75, 3.05) is 6.54 Å². The number of fused-ring (bicyclic) bond motifs is 1. The molecule has 2 aromatic carbocycles. The molecule has 0 radical (unpaired) electrons. The summed E-state index contributed by atoms with van der Waals surface area (Å²) < 4.78 is 5.39. The van der Waals surface area contributed by atoms with Crippen molar-refractivity contribution in [2.24, 2.45) is 0 Å². The molecule has 1 atom stereocenters. The minimum atomic E-state index is -0.526. The maximum Gasteiger partial charge on any atom is 0.336 e. The number of quaternary nitrogens is 1. The van der Waals surface area contributed by atoms with Gasteiger partial charge in [0.25, 0.3) is 0 Å². The van der Waals surface area contributed by atoms with Crippen LogP contribution in [0.25, 0.3) is 11.0 Å². The van der Waals surface area contributed by atoms with Crippen LogP contribution in [-0.4, -0.2) is 11.7 Å². The molecule has 0 bridgehead atoms. The van der Waals surface area contributed by atoms with Gasteiger partial charge < -0.3 is 14.8 Å². The zero-order chi connectivity index (χ0) is 17.1. The van der Waals surface area contributed by atoms with Gasteiger partial charge >= 0.3 is 5.63 Å². The molecule has 0 amide bonds. The molecule has 0 aliphatic rings. The zero-order valence-electron chi connectivity index (χ0n) is 14.0. The van der Waals surface area contributed by atoms with Gasteiger partial charge in [-0.1, -0.05) is 42.5 Å². The van der Waals surface area contributed by atoms with Gasteiger partial charge in [0.1, 0.15) is 24.8 Å². The smallest absolute Gasteiger partial charge is 0.336 e. The van der Waals surface area contributed by atoms with E-state index in [1.807, 2.05) is 61.6 Å². The van der Waals surface area contributed by atoms with Crippen molar-refractivity contribution in [2.45, 2.75) is 26.5 Å². The predicted molar refractivity (Wildman–Crippen MR) is 93.9 cm³/mol. The first-order chi connectivity index (χ1) is 11.6. The molecule has 0 unspecified atom stereocenters. The van der Waals surface area contributed by atoms with E-state index in [2.05, 4.69) is 0 Å². The largest absolute Gasteiger partial charge is 0.422 e. The average Bonchev–Trinajstić information content (AvgIpc) is 2.59. The summed E-state index contributed by atoms with van der Waals surface area (Å²) in [6.07, 6.45) is -0.526. The van der Waals surface area contributed by atoms with Gasteiger partial charge in [-0.25, -0.2) is 4.79 Å². The molecule has 4 nitrogen and oxygen atoms in total. The van der Waals surface area contributed by atoms with Crippen molar-refractivity contribution in [3.63, 3.8) is 0 Å². The summed E-state index contributed by atoms with van der Waals surface area (Å²) in [5.74, 6) is 0. The summed E-state index contributed by atoms with van der Waals surface area (Å²) >= 11 is 0. The van der Waals surface area contributed by atoms with Crippen LogP contribution in [0.15, 0.2) is 57.7 Å². The highest BCUT2D eigenvalue weighted by molar-refractivity contribution is 5.83. The van der Waals surface area contributed by atoms with E-state index in [0.29, 0.717) is 18.7 Å². The number of aliphatic hydroxyl groups is 1. The summed E-state index contributed by atoms with van der Waals surface area (Å²) in [7, 11) is 0. The summed E-state index contributed by atoms with van der Waals surface area (Å²) in [5.41, 5.74) is 4.27. The fraction of sp³-hybridized carbons (Fsp3) is 0.250. The van der Waals surface area contributed by atoms with Crippen LogP contribution in [0.3, 0.4) is 0 Å². The minimum absolute atomic E-state index is 0.330. The topological polar surface area (TPSA) is 67.1 Å². The molecular weight excluding hydrogens is 302 g/mol. The van der Waals surface area contributed by atoms with E-state index in [9.17, 15) is 9.90 Å². The average molecular weight is 324 g/mol. The summed E-state index contributed by atoms with van der Waals surface area (Å²) in [6, 6.07) is 15.2. The molecule has 0 spiro atoms. The van der Waals surface area contributed by atoms with Crippen LogP contribution in [0.1, 0.15) is 28.4 Å². The number of hydrogen-bond acceptors (Lipinski definition) is 3. The van der Waals surface area contributed by atoms with E-state index in [1.54, 1.807) is 6.07 Å². The molecule has 24 heavy (non-hydrogen) atoms. The Kier molecular flexibility index (Phi) is 4.79. The second kappa shape index (κ2) is 6.99. The SMILES string of the molecule is Cc1ccc2c(C[NH2+]C[C@H](O)c3ccccc3)cc(=O)oc2c1C. The van der Waals surface area contributed by atoms with Crippen molar-refractivity contribution < 1.29 is 14.8 Å². The summed E-state index contributed by atoms with van der Waals surface area (Å²) in [5, 5.41) is 13.2. The number of rotatable bonds is 5. The lowest BCUT2D eigenvalue weighted by Gasteiger charge is -2.11. The first-order valence-electron chi connectivity index (χ1n) is 8.14. The quantitative estimate of drug-likeness (QED) is 0.707. The molecule has 0 aliphatic heterocycles. The number of hydrogen-bond donors (Lipinski definition) is 2. The highest BCUT2D eigenvalue weighted by Crippen LogP contribution is 2.22. The van der Waals surface area contributed by atoms with Gasteiger partial charge in [-0.2, -0.15) is 0 Å². The monoisotopic (exact) mass is 324 g/mol. The van der Waals surface area contributed by atoms with Gasteiger partial charge in [0, 0.05) is 17.0 Å². The Hall–Kier alpha value is -2.43. The lowest BCUT2D eigenvalue weighted by Crippen LogP contribution is -2.83. The summed E-state index contributed by atoms with van der Waals surface area (Å²) in [6.45, 7) is 5.13. The second-order valence-electron chi connectivity index (χ2n) is 6.13. The van der Waals surface area contributed by atoms with Crippen molar-refractivity contribution in [3.8, 4) is 0 Å². The predicted octanol–water partition coefficient (Wildman–Crippen LogP) is 2.21. The van der Waals surface area contributed by atoms with Crippen LogP contribution in [0.5, 0.6) is 0 Å². The molecule has 4 heteroatoms. The maximum absolute atomic E-state index is 11.9. The first kappa shape index (κ1) is 16.4. The highest BCUT2D eigenvalue weighted by Gasteiger charge is 2.13. The van der Waals surface area contributed by atoms with Crippen LogP contribution >= 0.6 is 0 Å². The second-order valence-corrected chi connectivity index (χ2v) is 6.13. The fourth-order valence-corrected chi connectivity index (χ4v) is 2.90. The summed E-state index contributed by atoms with van der Waals surface area (Å²) in [4.78, 5) is 11.9. The van der Waals surface area contributed by atoms with E-state index in [0.717, 1.165) is 27.6 Å². The Bertz CT molecular complexity index is 900. The molecule has 0 fully saturated rings. The van der Waals surface area contributed by atoms with Crippen LogP contribution in [0.4, 0.5) is 0 Å². The number of aliphatic hydroxyl groups excluding tert-OH is 1. The number of nitrogens with two attached hydrogens (primary N) is 1. The molecular formula is C20H22NO3+. The van der Waals surface area contributed by atoms with E-state index in [1.165, 1.54) is 0 Å². The zero-order valence-corrected chi connectivity index (χ0v) is 14.0. The van der Waals surface area contributed by atoms with Crippen LogP contribution in [-0.2, 0) is 6.54 Å². The molecule has 3 rings (SSSR count). The molecule has 3 aromatic rings. The molecule has 1 heterocycles. The third-order valence-electron chi connectivity index (χ3n) is 4.46. The lowest BCUT2D eigenvalue weighted by molar-refractivity contribution is -0.677. The Morgan fingerprint density at radius 1 is 1.12 bits per heavy atom. The van der Waals surface area contributed by atoms with Gasteiger partial charge in [-0.3, -0.25) is 0 Å². The van der Waals surface area contributed by atoms with Gasteiger partial charge in [0.05, 0.1) is 0 Å². The van der Waals surface area contributed by atoms with Crippen molar-refractivity contribution in [1.82, 2.24) is 0 Å². The number of aryl methyl sites for hydroxylation is 2. The Balaban J connectivity index is 1.78. The molecule has 0 aliphatic carbocycles. The third kappa shape index (κ3) is 3.40. The highest BCUT2D eigenvalue weighted by atomic mass is 16.4. The van der Waals surface area contributed by atoms with Crippen molar-refractivity contribution >= 4 is 11.0 Å². The molecule has 1 aromatic heterocycles. The van der Waals surface area contributed by atoms with Gasteiger partial charge in [0.2, 0.25) is 0 Å². The van der Waals surface area contributed by atoms with Gasteiger partial charge in [-0.15, -0.1) is 0 Å². The van der Waals surface area contributed by atoms with E-state index in [-0.39, 0.29) is 5.63 Å². The Morgan fingerprint density at radius 3 is 2.62 bits per heavy atom. The lowest BCUT2D eigenvalue weighted by atomic mass is 10.0. The van der Waals surface area contributed by atoms with Crippen LogP contribution in [0.2, 0.25) is 0 Å². The number of benzene rings is 2. The van der Waals surface area contributed by atoms with E-state index < -0.39 is 6.10 Å². The normalized spacial score (nSPS) is 12.5.